The number of hydrogen-bond acceptors (Lipinski definition) is 2. The number of aliphatic imine (C=N–C) groups is 1. The molecule has 1 aromatic rings. The largest absolute Gasteiger partial charge is 0.385 e. The Hall–Kier alpha value is -1.84. The van der Waals surface area contributed by atoms with Gasteiger partial charge in [-0.15, -0.1) is 0 Å². The van der Waals surface area contributed by atoms with E-state index in [1.807, 2.05) is 30.3 Å². The highest BCUT2D eigenvalue weighted by Crippen LogP contribution is 2.16. The Morgan fingerprint density at radius 1 is 1.31 bits per heavy atom. The van der Waals surface area contributed by atoms with Crippen molar-refractivity contribution in [2.24, 2.45) is 10.7 Å². The fourth-order valence-corrected chi connectivity index (χ4v) is 1.31. The molecule has 2 rings (SSSR count). The Kier molecular flexibility index (Phi) is 1.73. The molecule has 1 aliphatic rings. The zero-order valence-electron chi connectivity index (χ0n) is 6.90. The van der Waals surface area contributed by atoms with Gasteiger partial charge < -0.3 is 11.1 Å². The second-order valence-corrected chi connectivity index (χ2v) is 2.83. The van der Waals surface area contributed by atoms with Gasteiger partial charge in [-0.2, -0.15) is 4.99 Å². The maximum Gasteiger partial charge on any atom is 0.343 e. The minimum Gasteiger partial charge on any atom is -0.385 e. The van der Waals surface area contributed by atoms with Gasteiger partial charge in [0, 0.05) is 0 Å². The minimum absolute atomic E-state index is 0.256. The molecule has 66 valence electrons. The van der Waals surface area contributed by atoms with Crippen LogP contribution in [0.3, 0.4) is 0 Å². The first-order chi connectivity index (χ1) is 6.27. The molecule has 2 amide bonds. The normalized spacial score (nSPS) is 21.1. The summed E-state index contributed by atoms with van der Waals surface area (Å²) in [5, 5.41) is 2.65. The molecule has 0 bridgehead atoms. The number of nitrogens with zero attached hydrogens (tertiary/aromatic N) is 1. The van der Waals surface area contributed by atoms with Crippen molar-refractivity contribution in [3.63, 3.8) is 0 Å². The Morgan fingerprint density at radius 3 is 2.54 bits per heavy atom. The Bertz CT molecular complexity index is 358. The number of nitrogens with one attached hydrogen (secondary N) is 1. The number of amidine groups is 1. The molecular weight excluding hydrogens is 166 g/mol. The lowest BCUT2D eigenvalue weighted by molar-refractivity contribution is 0.250. The molecule has 4 heteroatoms. The Balaban J connectivity index is 2.30. The monoisotopic (exact) mass is 175 g/mol. The number of urea groups is 1. The Labute approximate surface area is 75.5 Å². The van der Waals surface area contributed by atoms with E-state index in [1.54, 1.807) is 0 Å². The predicted octanol–water partition coefficient (Wildman–Crippen LogP) is 0.808. The summed E-state index contributed by atoms with van der Waals surface area (Å²) in [6, 6.07) is 8.88. The van der Waals surface area contributed by atoms with Gasteiger partial charge in [0.25, 0.3) is 0 Å². The third-order valence-corrected chi connectivity index (χ3v) is 1.93. The van der Waals surface area contributed by atoms with Gasteiger partial charge in [0.05, 0.1) is 0 Å². The van der Waals surface area contributed by atoms with Crippen LogP contribution in [-0.2, 0) is 0 Å². The zero-order chi connectivity index (χ0) is 9.26. The van der Waals surface area contributed by atoms with Gasteiger partial charge in [-0.3, -0.25) is 0 Å². The molecule has 1 heterocycles. The number of rotatable bonds is 1. The second-order valence-electron chi connectivity index (χ2n) is 2.83. The molecule has 1 atom stereocenters. The van der Waals surface area contributed by atoms with Crippen LogP contribution in [0.2, 0.25) is 0 Å². The van der Waals surface area contributed by atoms with E-state index >= 15 is 0 Å². The zero-order valence-corrected chi connectivity index (χ0v) is 6.90. The summed E-state index contributed by atoms with van der Waals surface area (Å²) >= 11 is 0. The van der Waals surface area contributed by atoms with Crippen LogP contribution >= 0.6 is 0 Å². The van der Waals surface area contributed by atoms with E-state index in [9.17, 15) is 4.79 Å². The highest BCUT2D eigenvalue weighted by Gasteiger charge is 2.24. The molecule has 0 saturated carbocycles. The summed E-state index contributed by atoms with van der Waals surface area (Å²) in [6.07, 6.45) is 0. The van der Waals surface area contributed by atoms with Crippen LogP contribution in [0.5, 0.6) is 0 Å². The molecule has 13 heavy (non-hydrogen) atoms. The Morgan fingerprint density at radius 2 is 2.00 bits per heavy atom. The molecular formula is C9H9N3O. The fourth-order valence-electron chi connectivity index (χ4n) is 1.31. The summed E-state index contributed by atoms with van der Waals surface area (Å²) in [7, 11) is 0. The average Bonchev–Trinajstić information content (AvgIpc) is 2.47. The summed E-state index contributed by atoms with van der Waals surface area (Å²) < 4.78 is 0. The lowest BCUT2D eigenvalue weighted by Gasteiger charge is -2.09. The van der Waals surface area contributed by atoms with Gasteiger partial charge >= 0.3 is 6.03 Å². The first-order valence-corrected chi connectivity index (χ1v) is 3.97. The van der Waals surface area contributed by atoms with E-state index < -0.39 is 0 Å². The topological polar surface area (TPSA) is 67.5 Å². The first kappa shape index (κ1) is 7.79. The fraction of sp³-hybridized carbons (Fsp3) is 0.111. The van der Waals surface area contributed by atoms with Crippen molar-refractivity contribution in [3.05, 3.63) is 35.9 Å². The number of benzene rings is 1. The van der Waals surface area contributed by atoms with Crippen molar-refractivity contribution in [1.82, 2.24) is 5.32 Å². The second kappa shape index (κ2) is 2.90. The quantitative estimate of drug-likeness (QED) is 0.663. The van der Waals surface area contributed by atoms with Gasteiger partial charge in [0.15, 0.2) is 0 Å². The third kappa shape index (κ3) is 1.38. The highest BCUT2D eigenvalue weighted by molar-refractivity contribution is 6.03. The molecule has 1 aromatic carbocycles. The van der Waals surface area contributed by atoms with Crippen molar-refractivity contribution in [2.45, 2.75) is 6.04 Å². The maximum atomic E-state index is 10.9. The van der Waals surface area contributed by atoms with Crippen LogP contribution in [-0.4, -0.2) is 11.9 Å². The first-order valence-electron chi connectivity index (χ1n) is 3.97. The summed E-state index contributed by atoms with van der Waals surface area (Å²) in [6.45, 7) is 0. The van der Waals surface area contributed by atoms with Gasteiger partial charge in [0.2, 0.25) is 0 Å². The van der Waals surface area contributed by atoms with E-state index in [0.29, 0.717) is 5.84 Å². The van der Waals surface area contributed by atoms with E-state index in [0.717, 1.165) is 5.56 Å². The van der Waals surface area contributed by atoms with Gasteiger partial charge in [0.1, 0.15) is 11.9 Å². The van der Waals surface area contributed by atoms with Crippen molar-refractivity contribution >= 4 is 11.9 Å². The van der Waals surface area contributed by atoms with E-state index in [2.05, 4.69) is 10.3 Å². The molecule has 1 unspecified atom stereocenters. The number of carbonyl (C=O) groups is 1. The summed E-state index contributed by atoms with van der Waals surface area (Å²) in [5.41, 5.74) is 6.52. The summed E-state index contributed by atoms with van der Waals surface area (Å²) in [4.78, 5) is 14.4. The lowest BCUT2D eigenvalue weighted by Crippen LogP contribution is -2.27. The van der Waals surface area contributed by atoms with Crippen LogP contribution in [0.15, 0.2) is 35.3 Å². The molecule has 0 radical (unpaired) electrons. The number of amides is 2. The molecule has 0 aromatic heterocycles. The van der Waals surface area contributed by atoms with E-state index in [-0.39, 0.29) is 12.1 Å². The molecule has 0 fully saturated rings. The summed E-state index contributed by atoms with van der Waals surface area (Å²) in [5.74, 6) is 0.330. The molecule has 3 N–H and O–H groups in total. The van der Waals surface area contributed by atoms with Crippen LogP contribution in [0.25, 0.3) is 0 Å². The van der Waals surface area contributed by atoms with Gasteiger partial charge in [-0.05, 0) is 5.56 Å². The average molecular weight is 175 g/mol. The number of carbonyl (C=O) groups excluding carboxylic acids is 1. The minimum atomic E-state index is -0.369. The van der Waals surface area contributed by atoms with Crippen molar-refractivity contribution < 1.29 is 4.79 Å². The van der Waals surface area contributed by atoms with Gasteiger partial charge in [-0.25, -0.2) is 4.79 Å². The van der Waals surface area contributed by atoms with Crippen molar-refractivity contribution in [1.29, 1.82) is 0 Å². The van der Waals surface area contributed by atoms with Crippen LogP contribution in [0.1, 0.15) is 11.6 Å². The lowest BCUT2D eigenvalue weighted by atomic mass is 10.1. The van der Waals surface area contributed by atoms with Gasteiger partial charge in [-0.1, -0.05) is 30.3 Å². The smallest absolute Gasteiger partial charge is 0.343 e. The number of hydrogen-bond donors (Lipinski definition) is 2. The van der Waals surface area contributed by atoms with Crippen LogP contribution in [0.4, 0.5) is 4.79 Å². The number of nitrogens with two attached hydrogens (primary N) is 1. The molecule has 0 saturated heterocycles. The molecule has 1 aliphatic heterocycles. The maximum absolute atomic E-state index is 10.9. The standard InChI is InChI=1S/C9H9N3O/c10-8-7(11-9(13)12-8)6-4-2-1-3-5-6/h1-5,7H,(H3,10,11,12,13). The highest BCUT2D eigenvalue weighted by atomic mass is 16.2. The third-order valence-electron chi connectivity index (χ3n) is 1.93. The van der Waals surface area contributed by atoms with Crippen LogP contribution < -0.4 is 11.1 Å². The van der Waals surface area contributed by atoms with Crippen LogP contribution in [0, 0.1) is 0 Å². The predicted molar refractivity (Wildman–Crippen MR) is 49.3 cm³/mol. The van der Waals surface area contributed by atoms with Crippen molar-refractivity contribution in [2.75, 3.05) is 0 Å². The van der Waals surface area contributed by atoms with Crippen molar-refractivity contribution in [3.8, 4) is 0 Å². The molecule has 4 nitrogen and oxygen atoms in total. The molecule has 0 spiro atoms. The van der Waals surface area contributed by atoms with E-state index in [4.69, 9.17) is 5.73 Å². The van der Waals surface area contributed by atoms with E-state index in [1.165, 1.54) is 0 Å². The SMILES string of the molecule is NC1=NC(=O)NC1c1ccccc1. The molecule has 0 aliphatic carbocycles.